The van der Waals surface area contributed by atoms with E-state index in [1.807, 2.05) is 13.8 Å². The summed E-state index contributed by atoms with van der Waals surface area (Å²) in [5.41, 5.74) is -0.555. The van der Waals surface area contributed by atoms with E-state index < -0.39 is 11.7 Å². The Bertz CT molecular complexity index is 248. The third-order valence-electron chi connectivity index (χ3n) is 2.78. The minimum atomic E-state index is -0.422. The Hall–Kier alpha value is -0.770. The van der Waals surface area contributed by atoms with Gasteiger partial charge in [-0.2, -0.15) is 0 Å². The molecule has 1 heterocycles. The van der Waals surface area contributed by atoms with Gasteiger partial charge >= 0.3 is 6.09 Å². The molecular formula is C11H21NO3. The zero-order chi connectivity index (χ0) is 11.7. The molecule has 0 aromatic rings. The van der Waals surface area contributed by atoms with Crippen LogP contribution in [0.1, 0.15) is 40.5 Å². The van der Waals surface area contributed by atoms with Crippen LogP contribution in [-0.2, 0) is 9.47 Å². The summed E-state index contributed by atoms with van der Waals surface area (Å²) in [5, 5.41) is 2.45. The Balaban J connectivity index is 2.64. The smallest absolute Gasteiger partial charge is 0.407 e. The first-order chi connectivity index (χ1) is 6.77. The van der Waals surface area contributed by atoms with Crippen molar-refractivity contribution in [3.63, 3.8) is 0 Å². The molecule has 0 aromatic heterocycles. The van der Waals surface area contributed by atoms with Gasteiger partial charge in [0.05, 0.1) is 5.60 Å². The van der Waals surface area contributed by atoms with Gasteiger partial charge in [0.1, 0.15) is 11.7 Å². The Morgan fingerprint density at radius 1 is 1.40 bits per heavy atom. The van der Waals surface area contributed by atoms with Gasteiger partial charge in [-0.1, -0.05) is 0 Å². The van der Waals surface area contributed by atoms with Gasteiger partial charge in [0.25, 0.3) is 0 Å². The van der Waals surface area contributed by atoms with E-state index in [2.05, 4.69) is 19.2 Å². The van der Waals surface area contributed by atoms with E-state index >= 15 is 0 Å². The van der Waals surface area contributed by atoms with Crippen LogP contribution in [0, 0.1) is 0 Å². The Kier molecular flexibility index (Phi) is 3.28. The summed E-state index contributed by atoms with van der Waals surface area (Å²) >= 11 is 0. The van der Waals surface area contributed by atoms with E-state index in [4.69, 9.17) is 9.47 Å². The molecule has 0 saturated carbocycles. The van der Waals surface area contributed by atoms with Crippen molar-refractivity contribution in [2.45, 2.75) is 57.8 Å². The summed E-state index contributed by atoms with van der Waals surface area (Å²) < 4.78 is 11.2. The summed E-state index contributed by atoms with van der Waals surface area (Å²) in [4.78, 5) is 11.1. The second kappa shape index (κ2) is 4.00. The molecule has 0 radical (unpaired) electrons. The molecule has 1 aliphatic rings. The zero-order valence-electron chi connectivity index (χ0n) is 10.2. The van der Waals surface area contributed by atoms with Crippen molar-refractivity contribution in [1.82, 2.24) is 5.32 Å². The fourth-order valence-corrected chi connectivity index (χ4v) is 2.04. The molecule has 1 saturated heterocycles. The van der Waals surface area contributed by atoms with E-state index in [-0.39, 0.29) is 11.7 Å². The van der Waals surface area contributed by atoms with Crippen molar-refractivity contribution in [1.29, 1.82) is 0 Å². The fourth-order valence-electron chi connectivity index (χ4n) is 2.04. The topological polar surface area (TPSA) is 47.6 Å². The summed E-state index contributed by atoms with van der Waals surface area (Å²) in [5.74, 6) is 0. The summed E-state index contributed by atoms with van der Waals surface area (Å²) in [6, 6.07) is 0. The third-order valence-corrected chi connectivity index (χ3v) is 2.78. The maximum absolute atomic E-state index is 11.1. The molecule has 1 unspecified atom stereocenters. The molecule has 0 spiro atoms. The summed E-state index contributed by atoms with van der Waals surface area (Å²) in [6.45, 7) is 8.04. The van der Waals surface area contributed by atoms with E-state index in [1.165, 1.54) is 0 Å². The standard InChI is InChI=1S/C11H21NO3/c1-10(2)7-6-8(11(3,4)15-10)14-9(13)12-5/h8H,6-7H2,1-5H3,(H,12,13). The predicted molar refractivity (Wildman–Crippen MR) is 57.8 cm³/mol. The lowest BCUT2D eigenvalue weighted by Gasteiger charge is -2.45. The highest BCUT2D eigenvalue weighted by Crippen LogP contribution is 2.36. The minimum Gasteiger partial charge on any atom is -0.443 e. The van der Waals surface area contributed by atoms with Gasteiger partial charge in [0, 0.05) is 7.05 Å². The van der Waals surface area contributed by atoms with Crippen molar-refractivity contribution >= 4 is 6.09 Å². The maximum atomic E-state index is 11.1. The normalized spacial score (nSPS) is 28.2. The van der Waals surface area contributed by atoms with Crippen LogP contribution in [0.5, 0.6) is 0 Å². The quantitative estimate of drug-likeness (QED) is 0.728. The molecule has 0 bridgehead atoms. The van der Waals surface area contributed by atoms with Gasteiger partial charge in [-0.3, -0.25) is 0 Å². The van der Waals surface area contributed by atoms with Gasteiger partial charge in [-0.25, -0.2) is 4.79 Å². The van der Waals surface area contributed by atoms with Crippen molar-refractivity contribution in [2.75, 3.05) is 7.05 Å². The second-order valence-electron chi connectivity index (χ2n) is 5.15. The monoisotopic (exact) mass is 215 g/mol. The van der Waals surface area contributed by atoms with E-state index in [9.17, 15) is 4.79 Å². The van der Waals surface area contributed by atoms with Gasteiger partial charge in [0.2, 0.25) is 0 Å². The number of hydrogen-bond acceptors (Lipinski definition) is 3. The van der Waals surface area contributed by atoms with Crippen molar-refractivity contribution in [3.8, 4) is 0 Å². The van der Waals surface area contributed by atoms with Crippen LogP contribution in [0.2, 0.25) is 0 Å². The van der Waals surface area contributed by atoms with Crippen LogP contribution in [-0.4, -0.2) is 30.4 Å². The number of hydrogen-bond donors (Lipinski definition) is 1. The van der Waals surface area contributed by atoms with Crippen molar-refractivity contribution < 1.29 is 14.3 Å². The molecule has 1 atom stereocenters. The largest absolute Gasteiger partial charge is 0.443 e. The van der Waals surface area contributed by atoms with Gasteiger partial charge < -0.3 is 14.8 Å². The Morgan fingerprint density at radius 2 is 2.00 bits per heavy atom. The lowest BCUT2D eigenvalue weighted by atomic mass is 9.86. The number of ether oxygens (including phenoxy) is 2. The molecule has 1 aliphatic heterocycles. The number of nitrogens with one attached hydrogen (secondary N) is 1. The number of carbonyl (C=O) groups excluding carboxylic acids is 1. The zero-order valence-corrected chi connectivity index (χ0v) is 10.2. The molecule has 0 aromatic carbocycles. The molecule has 15 heavy (non-hydrogen) atoms. The first kappa shape index (κ1) is 12.3. The van der Waals surface area contributed by atoms with Crippen LogP contribution < -0.4 is 5.32 Å². The van der Waals surface area contributed by atoms with E-state index in [0.717, 1.165) is 12.8 Å². The van der Waals surface area contributed by atoms with Crippen molar-refractivity contribution in [2.24, 2.45) is 0 Å². The molecular weight excluding hydrogens is 194 g/mol. The number of rotatable bonds is 1. The molecule has 4 heteroatoms. The minimum absolute atomic E-state index is 0.133. The van der Waals surface area contributed by atoms with Crippen molar-refractivity contribution in [3.05, 3.63) is 0 Å². The van der Waals surface area contributed by atoms with Crippen LogP contribution in [0.4, 0.5) is 4.79 Å². The Labute approximate surface area is 91.3 Å². The number of carbonyl (C=O) groups is 1. The molecule has 1 N–H and O–H groups in total. The molecule has 0 aliphatic carbocycles. The van der Waals surface area contributed by atoms with Gasteiger partial charge in [0.15, 0.2) is 0 Å². The molecule has 1 fully saturated rings. The van der Waals surface area contributed by atoms with Crippen LogP contribution in [0.3, 0.4) is 0 Å². The van der Waals surface area contributed by atoms with Crippen LogP contribution in [0.15, 0.2) is 0 Å². The highest BCUT2D eigenvalue weighted by Gasteiger charge is 2.43. The SMILES string of the molecule is CNC(=O)OC1CCC(C)(C)OC1(C)C. The van der Waals surface area contributed by atoms with E-state index in [1.54, 1.807) is 7.05 Å². The average Bonchev–Trinajstić information content (AvgIpc) is 2.07. The molecule has 1 rings (SSSR count). The number of amides is 1. The first-order valence-electron chi connectivity index (χ1n) is 5.35. The van der Waals surface area contributed by atoms with E-state index in [0.29, 0.717) is 0 Å². The van der Waals surface area contributed by atoms with Crippen LogP contribution in [0.25, 0.3) is 0 Å². The third kappa shape index (κ3) is 3.09. The summed E-state index contributed by atoms with van der Waals surface area (Å²) in [7, 11) is 1.56. The highest BCUT2D eigenvalue weighted by atomic mass is 16.6. The maximum Gasteiger partial charge on any atom is 0.407 e. The lowest BCUT2D eigenvalue weighted by Crippen LogP contribution is -2.52. The van der Waals surface area contributed by atoms with Crippen LogP contribution >= 0.6 is 0 Å². The fraction of sp³-hybridized carbons (Fsp3) is 0.909. The highest BCUT2D eigenvalue weighted by molar-refractivity contribution is 5.67. The van der Waals surface area contributed by atoms with Gasteiger partial charge in [-0.15, -0.1) is 0 Å². The molecule has 1 amide bonds. The molecule has 4 nitrogen and oxygen atoms in total. The van der Waals surface area contributed by atoms with Gasteiger partial charge in [-0.05, 0) is 40.5 Å². The average molecular weight is 215 g/mol. The summed E-state index contributed by atoms with van der Waals surface area (Å²) in [6.07, 6.45) is 1.17. The number of alkyl carbamates (subject to hydrolysis) is 1. The molecule has 88 valence electrons. The second-order valence-corrected chi connectivity index (χ2v) is 5.15. The lowest BCUT2D eigenvalue weighted by molar-refractivity contribution is -0.206. The predicted octanol–water partition coefficient (Wildman–Crippen LogP) is 2.08. The Morgan fingerprint density at radius 3 is 2.47 bits per heavy atom. The first-order valence-corrected chi connectivity index (χ1v) is 5.35.